The van der Waals surface area contributed by atoms with E-state index in [1.165, 1.54) is 32.6 Å². The predicted octanol–water partition coefficient (Wildman–Crippen LogP) is 3.84. The molecule has 118 valence electrons. The van der Waals surface area contributed by atoms with Crippen molar-refractivity contribution in [2.45, 2.75) is 0 Å². The highest BCUT2D eigenvalue weighted by molar-refractivity contribution is 6.32. The Morgan fingerprint density at radius 1 is 1.09 bits per heavy atom. The van der Waals surface area contributed by atoms with Crippen LogP contribution in [-0.2, 0) is 0 Å². The highest BCUT2D eigenvalue weighted by Crippen LogP contribution is 2.33. The lowest BCUT2D eigenvalue weighted by Gasteiger charge is -2.09. The van der Waals surface area contributed by atoms with E-state index < -0.39 is 0 Å². The van der Waals surface area contributed by atoms with Gasteiger partial charge in [-0.3, -0.25) is 4.79 Å². The molecule has 0 radical (unpaired) electrons. The van der Waals surface area contributed by atoms with E-state index in [2.05, 4.69) is 0 Å². The van der Waals surface area contributed by atoms with Gasteiger partial charge >= 0.3 is 0 Å². The summed E-state index contributed by atoms with van der Waals surface area (Å²) in [6, 6.07) is 7.85. The summed E-state index contributed by atoms with van der Waals surface area (Å²) in [5, 5.41) is 9.98. The number of fused-ring (bicyclic) bond motifs is 1. The summed E-state index contributed by atoms with van der Waals surface area (Å²) in [5.41, 5.74) is 1.00. The zero-order chi connectivity index (χ0) is 16.6. The van der Waals surface area contributed by atoms with Gasteiger partial charge in [0.1, 0.15) is 17.6 Å². The van der Waals surface area contributed by atoms with Gasteiger partial charge in [-0.25, -0.2) is 0 Å². The van der Waals surface area contributed by atoms with Crippen LogP contribution in [0.15, 0.2) is 45.8 Å². The number of hydrogen-bond acceptors (Lipinski definition) is 5. The Labute approximate surface area is 136 Å². The van der Waals surface area contributed by atoms with Crippen LogP contribution in [0.5, 0.6) is 17.2 Å². The van der Waals surface area contributed by atoms with Crippen molar-refractivity contribution in [3.05, 3.63) is 51.8 Å². The summed E-state index contributed by atoms with van der Waals surface area (Å²) in [6.45, 7) is 0. The van der Waals surface area contributed by atoms with Crippen LogP contribution in [0.25, 0.3) is 22.1 Å². The van der Waals surface area contributed by atoms with Crippen LogP contribution in [-0.4, -0.2) is 19.3 Å². The normalized spacial score (nSPS) is 10.7. The molecule has 0 aliphatic carbocycles. The van der Waals surface area contributed by atoms with Gasteiger partial charge in [-0.15, -0.1) is 0 Å². The van der Waals surface area contributed by atoms with Crippen molar-refractivity contribution in [3.63, 3.8) is 0 Å². The number of phenols is 1. The number of aromatic hydroxyl groups is 1. The van der Waals surface area contributed by atoms with Crippen molar-refractivity contribution in [2.75, 3.05) is 14.2 Å². The average Bonchev–Trinajstić information content (AvgIpc) is 2.56. The van der Waals surface area contributed by atoms with Crippen molar-refractivity contribution >= 4 is 22.6 Å². The molecule has 0 aliphatic heterocycles. The Morgan fingerprint density at radius 2 is 1.83 bits per heavy atom. The number of methoxy groups -OCH3 is 2. The SMILES string of the molecule is COc1ccc(-c2coc3cc(O)c(Cl)cc3c2=O)cc1OC. The Kier molecular flexibility index (Phi) is 3.88. The van der Waals surface area contributed by atoms with E-state index in [1.54, 1.807) is 18.2 Å². The molecule has 0 fully saturated rings. The number of phenolic OH excluding ortho intramolecular Hbond substituents is 1. The minimum absolute atomic E-state index is 0.0919. The first kappa shape index (κ1) is 15.2. The maximum Gasteiger partial charge on any atom is 0.200 e. The van der Waals surface area contributed by atoms with Gasteiger partial charge in [-0.05, 0) is 23.8 Å². The molecule has 5 nitrogen and oxygen atoms in total. The molecule has 23 heavy (non-hydrogen) atoms. The number of rotatable bonds is 3. The zero-order valence-electron chi connectivity index (χ0n) is 12.4. The van der Waals surface area contributed by atoms with Crippen LogP contribution in [0.1, 0.15) is 0 Å². The van der Waals surface area contributed by atoms with Crippen molar-refractivity contribution in [1.29, 1.82) is 0 Å². The molecular weight excluding hydrogens is 320 g/mol. The molecule has 0 unspecified atom stereocenters. The minimum Gasteiger partial charge on any atom is -0.506 e. The maximum absolute atomic E-state index is 12.7. The van der Waals surface area contributed by atoms with Gasteiger partial charge < -0.3 is 19.0 Å². The van der Waals surface area contributed by atoms with Crippen LogP contribution in [0.2, 0.25) is 5.02 Å². The highest BCUT2D eigenvalue weighted by Gasteiger charge is 2.14. The van der Waals surface area contributed by atoms with E-state index >= 15 is 0 Å². The van der Waals surface area contributed by atoms with Crippen LogP contribution in [0, 0.1) is 0 Å². The second-order valence-electron chi connectivity index (χ2n) is 4.85. The van der Waals surface area contributed by atoms with E-state index in [1.807, 2.05) is 0 Å². The van der Waals surface area contributed by atoms with E-state index in [-0.39, 0.29) is 21.8 Å². The Morgan fingerprint density at radius 3 is 2.52 bits per heavy atom. The molecule has 1 N–H and O–H groups in total. The van der Waals surface area contributed by atoms with Gasteiger partial charge in [0.25, 0.3) is 0 Å². The van der Waals surface area contributed by atoms with E-state index in [0.717, 1.165) is 0 Å². The molecular formula is C17H13ClO5. The van der Waals surface area contributed by atoms with Crippen molar-refractivity contribution < 1.29 is 19.0 Å². The van der Waals surface area contributed by atoms with Crippen molar-refractivity contribution in [2.24, 2.45) is 0 Å². The van der Waals surface area contributed by atoms with Crippen LogP contribution < -0.4 is 14.9 Å². The molecule has 1 aromatic heterocycles. The molecule has 0 saturated heterocycles. The fraction of sp³-hybridized carbons (Fsp3) is 0.118. The lowest BCUT2D eigenvalue weighted by Crippen LogP contribution is -2.05. The zero-order valence-corrected chi connectivity index (χ0v) is 13.2. The number of ether oxygens (including phenoxy) is 2. The van der Waals surface area contributed by atoms with Crippen LogP contribution >= 0.6 is 11.6 Å². The molecule has 1 heterocycles. The van der Waals surface area contributed by atoms with Crippen LogP contribution in [0.4, 0.5) is 0 Å². The summed E-state index contributed by atoms with van der Waals surface area (Å²) in [5.74, 6) is 0.934. The minimum atomic E-state index is -0.250. The molecule has 0 aliphatic rings. The monoisotopic (exact) mass is 332 g/mol. The van der Waals surface area contributed by atoms with Crippen LogP contribution in [0.3, 0.4) is 0 Å². The second-order valence-corrected chi connectivity index (χ2v) is 5.26. The molecule has 0 saturated carbocycles. The first-order valence-electron chi connectivity index (χ1n) is 6.71. The Hall–Kier alpha value is -2.66. The van der Waals surface area contributed by atoms with Gasteiger partial charge in [0.15, 0.2) is 11.5 Å². The molecule has 0 spiro atoms. The number of hydrogen-bond donors (Lipinski definition) is 1. The summed E-state index contributed by atoms with van der Waals surface area (Å²) in [6.07, 6.45) is 1.35. The second kappa shape index (κ2) is 5.85. The molecule has 2 aromatic carbocycles. The lowest BCUT2D eigenvalue weighted by atomic mass is 10.0. The molecule has 3 rings (SSSR count). The number of halogens is 1. The highest BCUT2D eigenvalue weighted by atomic mass is 35.5. The predicted molar refractivity (Wildman–Crippen MR) is 87.7 cm³/mol. The molecule has 0 bridgehead atoms. The van der Waals surface area contributed by atoms with Gasteiger partial charge in [-0.2, -0.15) is 0 Å². The van der Waals surface area contributed by atoms with Gasteiger partial charge in [-0.1, -0.05) is 17.7 Å². The largest absolute Gasteiger partial charge is 0.506 e. The van der Waals surface area contributed by atoms with E-state index in [0.29, 0.717) is 28.0 Å². The van der Waals surface area contributed by atoms with Gasteiger partial charge in [0.2, 0.25) is 5.43 Å². The van der Waals surface area contributed by atoms with Gasteiger partial charge in [0, 0.05) is 6.07 Å². The fourth-order valence-electron chi connectivity index (χ4n) is 2.34. The standard InChI is InChI=1S/C17H13ClO5/c1-21-14-4-3-9(5-16(14)22-2)11-8-23-15-7-13(19)12(18)6-10(15)17(11)20/h3-8,19H,1-2H3. The molecule has 0 atom stereocenters. The van der Waals surface area contributed by atoms with E-state index in [9.17, 15) is 9.90 Å². The van der Waals surface area contributed by atoms with Gasteiger partial charge in [0.05, 0.1) is 30.2 Å². The average molecular weight is 333 g/mol. The van der Waals surface area contributed by atoms with Crippen molar-refractivity contribution in [1.82, 2.24) is 0 Å². The molecule has 6 heteroatoms. The topological polar surface area (TPSA) is 68.9 Å². The third-order valence-electron chi connectivity index (χ3n) is 3.54. The van der Waals surface area contributed by atoms with Crippen molar-refractivity contribution in [3.8, 4) is 28.4 Å². The maximum atomic E-state index is 12.7. The first-order valence-corrected chi connectivity index (χ1v) is 7.09. The summed E-state index contributed by atoms with van der Waals surface area (Å²) in [4.78, 5) is 12.7. The smallest absolute Gasteiger partial charge is 0.200 e. The summed E-state index contributed by atoms with van der Waals surface area (Å²) in [7, 11) is 3.06. The lowest BCUT2D eigenvalue weighted by molar-refractivity contribution is 0.355. The Balaban J connectivity index is 2.23. The Bertz CT molecular complexity index is 946. The third-order valence-corrected chi connectivity index (χ3v) is 3.84. The molecule has 3 aromatic rings. The fourth-order valence-corrected chi connectivity index (χ4v) is 2.51. The third kappa shape index (κ3) is 2.59. The first-order chi connectivity index (χ1) is 11.0. The summed E-state index contributed by atoms with van der Waals surface area (Å²) >= 11 is 5.88. The molecule has 0 amide bonds. The quantitative estimate of drug-likeness (QED) is 0.789. The number of benzene rings is 2. The summed E-state index contributed by atoms with van der Waals surface area (Å²) < 4.78 is 15.9. The van der Waals surface area contributed by atoms with E-state index in [4.69, 9.17) is 25.5 Å².